The summed E-state index contributed by atoms with van der Waals surface area (Å²) in [5, 5.41) is 0. The van der Waals surface area contributed by atoms with Crippen molar-refractivity contribution >= 4 is 0 Å². The van der Waals surface area contributed by atoms with Crippen molar-refractivity contribution in [2.45, 2.75) is 12.4 Å². The van der Waals surface area contributed by atoms with E-state index in [9.17, 15) is 30.7 Å². The van der Waals surface area contributed by atoms with Gasteiger partial charge in [0.05, 0.1) is 11.1 Å². The molecule has 0 fully saturated rings. The summed E-state index contributed by atoms with van der Waals surface area (Å²) in [4.78, 5) is 3.49. The Morgan fingerprint density at radius 3 is 1.76 bits per heavy atom. The van der Waals surface area contributed by atoms with E-state index in [1.807, 2.05) is 0 Å². The molecule has 0 aliphatic rings. The third-order valence-corrected chi connectivity index (χ3v) is 2.62. The first kappa shape index (κ1) is 15.3. The van der Waals surface area contributed by atoms with Crippen LogP contribution in [0.15, 0.2) is 36.5 Å². The first-order valence-corrected chi connectivity index (χ1v) is 5.49. The highest BCUT2D eigenvalue weighted by molar-refractivity contribution is 5.62. The van der Waals surface area contributed by atoms with E-state index < -0.39 is 40.6 Å². The van der Waals surface area contributed by atoms with Crippen LogP contribution in [0, 0.1) is 5.82 Å². The average Bonchev–Trinajstić information content (AvgIpc) is 2.36. The van der Waals surface area contributed by atoms with Crippen LogP contribution in [0.3, 0.4) is 0 Å². The minimum Gasteiger partial charge on any atom is -0.253 e. The van der Waals surface area contributed by atoms with Gasteiger partial charge in [0.2, 0.25) is 0 Å². The summed E-state index contributed by atoms with van der Waals surface area (Å²) < 4.78 is 89.5. The minimum atomic E-state index is -4.98. The molecule has 1 nitrogen and oxygen atoms in total. The number of alkyl halides is 6. The predicted molar refractivity (Wildman–Crippen MR) is 59.6 cm³/mol. The number of hydrogen-bond acceptors (Lipinski definition) is 1. The number of rotatable bonds is 1. The first-order valence-electron chi connectivity index (χ1n) is 5.49. The highest BCUT2D eigenvalue weighted by atomic mass is 19.4. The lowest BCUT2D eigenvalue weighted by Gasteiger charge is -2.14. The second kappa shape index (κ2) is 5.01. The van der Waals surface area contributed by atoms with E-state index in [0.29, 0.717) is 12.1 Å². The fraction of sp³-hybridized carbons (Fsp3) is 0.154. The highest BCUT2D eigenvalue weighted by Crippen LogP contribution is 2.38. The van der Waals surface area contributed by atoms with Crippen molar-refractivity contribution in [3.63, 3.8) is 0 Å². The molecule has 0 radical (unpaired) electrons. The molecule has 0 amide bonds. The van der Waals surface area contributed by atoms with E-state index in [4.69, 9.17) is 0 Å². The molecular weight excluding hydrogens is 303 g/mol. The van der Waals surface area contributed by atoms with Gasteiger partial charge in [-0.3, -0.25) is 4.98 Å². The highest BCUT2D eigenvalue weighted by Gasteiger charge is 2.37. The summed E-state index contributed by atoms with van der Waals surface area (Å²) in [7, 11) is 0. The lowest BCUT2D eigenvalue weighted by molar-refractivity contribution is -0.143. The molecule has 1 aromatic heterocycles. The lowest BCUT2D eigenvalue weighted by Crippen LogP contribution is -2.11. The molecular formula is C13H6F7N. The largest absolute Gasteiger partial charge is 0.416 e. The third kappa shape index (κ3) is 3.32. The SMILES string of the molecule is Fc1cccnc1-c1cc(C(F)(F)F)cc(C(F)(F)F)c1. The van der Waals surface area contributed by atoms with Gasteiger partial charge >= 0.3 is 12.4 Å². The summed E-state index contributed by atoms with van der Waals surface area (Å²) in [6.07, 6.45) is -8.89. The van der Waals surface area contributed by atoms with Crippen LogP contribution in [-0.2, 0) is 12.4 Å². The van der Waals surface area contributed by atoms with Crippen LogP contribution in [0.2, 0.25) is 0 Å². The molecule has 1 aromatic carbocycles. The van der Waals surface area contributed by atoms with Crippen molar-refractivity contribution in [2.75, 3.05) is 0 Å². The normalized spacial score (nSPS) is 12.5. The van der Waals surface area contributed by atoms with Gasteiger partial charge in [0.1, 0.15) is 11.5 Å². The Bertz CT molecular complexity index is 626. The molecule has 0 aliphatic carbocycles. The van der Waals surface area contributed by atoms with E-state index in [1.165, 1.54) is 6.07 Å². The molecule has 112 valence electrons. The van der Waals surface area contributed by atoms with Gasteiger partial charge in [-0.1, -0.05) is 0 Å². The zero-order valence-electron chi connectivity index (χ0n) is 10.1. The summed E-state index contributed by atoms with van der Waals surface area (Å²) in [6.45, 7) is 0. The van der Waals surface area contributed by atoms with E-state index in [1.54, 1.807) is 0 Å². The Morgan fingerprint density at radius 2 is 1.33 bits per heavy atom. The van der Waals surface area contributed by atoms with E-state index in [0.717, 1.165) is 12.3 Å². The van der Waals surface area contributed by atoms with Gasteiger partial charge in [-0.15, -0.1) is 0 Å². The molecule has 1 heterocycles. The molecule has 0 aliphatic heterocycles. The van der Waals surface area contributed by atoms with Crippen LogP contribution in [-0.4, -0.2) is 4.98 Å². The van der Waals surface area contributed by atoms with Gasteiger partial charge in [-0.05, 0) is 30.3 Å². The Kier molecular flexibility index (Phi) is 3.65. The molecule has 0 spiro atoms. The van der Waals surface area contributed by atoms with Gasteiger partial charge in [0, 0.05) is 11.8 Å². The zero-order chi connectivity index (χ0) is 15.8. The fourth-order valence-corrected chi connectivity index (χ4v) is 1.69. The maximum absolute atomic E-state index is 13.5. The molecule has 2 rings (SSSR count). The van der Waals surface area contributed by atoms with Crippen LogP contribution in [0.1, 0.15) is 11.1 Å². The van der Waals surface area contributed by atoms with Crippen molar-refractivity contribution < 1.29 is 30.7 Å². The lowest BCUT2D eigenvalue weighted by atomic mass is 10.0. The monoisotopic (exact) mass is 309 g/mol. The summed E-state index contributed by atoms with van der Waals surface area (Å²) in [5.41, 5.74) is -4.20. The molecule has 8 heteroatoms. The minimum absolute atomic E-state index is 0.0235. The molecule has 0 unspecified atom stereocenters. The molecule has 0 saturated carbocycles. The second-order valence-corrected chi connectivity index (χ2v) is 4.13. The van der Waals surface area contributed by atoms with Crippen molar-refractivity contribution in [1.29, 1.82) is 0 Å². The van der Waals surface area contributed by atoms with Gasteiger partial charge in [-0.2, -0.15) is 26.3 Å². The van der Waals surface area contributed by atoms with Crippen molar-refractivity contribution in [1.82, 2.24) is 4.98 Å². The van der Waals surface area contributed by atoms with Crippen LogP contribution >= 0.6 is 0 Å². The summed E-state index contributed by atoms with van der Waals surface area (Å²) >= 11 is 0. The fourth-order valence-electron chi connectivity index (χ4n) is 1.69. The second-order valence-electron chi connectivity index (χ2n) is 4.13. The van der Waals surface area contributed by atoms with Crippen molar-refractivity contribution in [2.24, 2.45) is 0 Å². The summed E-state index contributed by atoms with van der Waals surface area (Å²) in [6, 6.07) is 2.92. The number of halogens is 7. The van der Waals surface area contributed by atoms with Crippen LogP contribution in [0.25, 0.3) is 11.3 Å². The standard InChI is InChI=1S/C13H6F7N/c14-10-2-1-3-21-11(10)7-4-8(12(15,16)17)6-9(5-7)13(18,19)20/h1-6H. The van der Waals surface area contributed by atoms with Crippen LogP contribution in [0.5, 0.6) is 0 Å². The van der Waals surface area contributed by atoms with Gasteiger partial charge in [0.25, 0.3) is 0 Å². The Balaban J connectivity index is 2.70. The van der Waals surface area contributed by atoms with Crippen molar-refractivity contribution in [3.8, 4) is 11.3 Å². The Hall–Kier alpha value is -2.12. The van der Waals surface area contributed by atoms with Crippen LogP contribution in [0.4, 0.5) is 30.7 Å². The van der Waals surface area contributed by atoms with Gasteiger partial charge < -0.3 is 0 Å². The molecule has 0 bridgehead atoms. The Labute approximate surface area is 114 Å². The maximum Gasteiger partial charge on any atom is 0.416 e. The smallest absolute Gasteiger partial charge is 0.253 e. The van der Waals surface area contributed by atoms with Crippen molar-refractivity contribution in [3.05, 3.63) is 53.5 Å². The average molecular weight is 309 g/mol. The number of nitrogens with zero attached hydrogens (tertiary/aromatic N) is 1. The molecule has 2 aromatic rings. The number of hydrogen-bond donors (Lipinski definition) is 0. The third-order valence-electron chi connectivity index (χ3n) is 2.62. The van der Waals surface area contributed by atoms with E-state index >= 15 is 0 Å². The number of benzene rings is 1. The number of aromatic nitrogens is 1. The zero-order valence-corrected chi connectivity index (χ0v) is 10.1. The first-order chi connectivity index (χ1) is 9.59. The maximum atomic E-state index is 13.5. The predicted octanol–water partition coefficient (Wildman–Crippen LogP) is 4.93. The summed E-state index contributed by atoms with van der Waals surface area (Å²) in [5.74, 6) is -1.01. The topological polar surface area (TPSA) is 12.9 Å². The quantitative estimate of drug-likeness (QED) is 0.681. The van der Waals surface area contributed by atoms with Crippen LogP contribution < -0.4 is 0 Å². The molecule has 0 N–H and O–H groups in total. The molecule has 0 saturated heterocycles. The van der Waals surface area contributed by atoms with E-state index in [2.05, 4.69) is 4.98 Å². The molecule has 21 heavy (non-hydrogen) atoms. The van der Waals surface area contributed by atoms with Gasteiger partial charge in [0.15, 0.2) is 0 Å². The Morgan fingerprint density at radius 1 is 0.810 bits per heavy atom. The van der Waals surface area contributed by atoms with E-state index in [-0.39, 0.29) is 6.07 Å². The molecule has 0 atom stereocenters. The van der Waals surface area contributed by atoms with Gasteiger partial charge in [-0.25, -0.2) is 4.39 Å². The number of pyridine rings is 1.